The topological polar surface area (TPSA) is 60.8 Å². The molecule has 0 rings (SSSR count). The van der Waals surface area contributed by atoms with Gasteiger partial charge in [0, 0.05) is 19.0 Å². The SMILES string of the molecule is CCC(CC)N(CCO)C(=O)CCC(C)O. The number of hydrogen-bond acceptors (Lipinski definition) is 3. The molecular formula is C12H25NO3. The van der Waals surface area contributed by atoms with Crippen molar-refractivity contribution < 1.29 is 15.0 Å². The number of carbonyl (C=O) groups excluding carboxylic acids is 1. The third kappa shape index (κ3) is 5.47. The molecule has 0 saturated heterocycles. The van der Waals surface area contributed by atoms with Crippen molar-refractivity contribution >= 4 is 5.91 Å². The summed E-state index contributed by atoms with van der Waals surface area (Å²) in [6.45, 7) is 6.16. The fourth-order valence-corrected chi connectivity index (χ4v) is 1.82. The summed E-state index contributed by atoms with van der Waals surface area (Å²) in [7, 11) is 0. The fraction of sp³-hybridized carbons (Fsp3) is 0.917. The number of carbonyl (C=O) groups is 1. The van der Waals surface area contributed by atoms with Crippen LogP contribution in [0.5, 0.6) is 0 Å². The van der Waals surface area contributed by atoms with Gasteiger partial charge in [0.2, 0.25) is 5.91 Å². The van der Waals surface area contributed by atoms with Crippen LogP contribution in [-0.4, -0.2) is 46.3 Å². The summed E-state index contributed by atoms with van der Waals surface area (Å²) in [5.41, 5.74) is 0. The van der Waals surface area contributed by atoms with Crippen LogP contribution in [0.3, 0.4) is 0 Å². The number of aliphatic hydroxyl groups excluding tert-OH is 2. The molecule has 0 aliphatic heterocycles. The van der Waals surface area contributed by atoms with Crippen molar-refractivity contribution in [1.82, 2.24) is 4.90 Å². The van der Waals surface area contributed by atoms with Crippen LogP contribution in [0.2, 0.25) is 0 Å². The first-order valence-corrected chi connectivity index (χ1v) is 6.15. The molecule has 1 atom stereocenters. The molecule has 1 unspecified atom stereocenters. The van der Waals surface area contributed by atoms with Gasteiger partial charge in [0.05, 0.1) is 12.7 Å². The van der Waals surface area contributed by atoms with Crippen LogP contribution in [0.4, 0.5) is 0 Å². The van der Waals surface area contributed by atoms with Gasteiger partial charge in [-0.25, -0.2) is 0 Å². The molecule has 0 heterocycles. The molecule has 0 bridgehead atoms. The third-order valence-electron chi connectivity index (χ3n) is 2.82. The van der Waals surface area contributed by atoms with Crippen molar-refractivity contribution in [3.8, 4) is 0 Å². The molecule has 0 fully saturated rings. The highest BCUT2D eigenvalue weighted by atomic mass is 16.3. The Morgan fingerprint density at radius 1 is 1.31 bits per heavy atom. The fourth-order valence-electron chi connectivity index (χ4n) is 1.82. The molecule has 0 aromatic carbocycles. The molecule has 0 aromatic heterocycles. The van der Waals surface area contributed by atoms with Gasteiger partial charge in [-0.2, -0.15) is 0 Å². The number of rotatable bonds is 8. The van der Waals surface area contributed by atoms with Crippen LogP contribution < -0.4 is 0 Å². The Labute approximate surface area is 98.3 Å². The summed E-state index contributed by atoms with van der Waals surface area (Å²) < 4.78 is 0. The third-order valence-corrected chi connectivity index (χ3v) is 2.82. The van der Waals surface area contributed by atoms with Crippen molar-refractivity contribution in [2.24, 2.45) is 0 Å². The number of nitrogens with zero attached hydrogens (tertiary/aromatic N) is 1. The van der Waals surface area contributed by atoms with Gasteiger partial charge in [-0.15, -0.1) is 0 Å². The summed E-state index contributed by atoms with van der Waals surface area (Å²) >= 11 is 0. The Kier molecular flexibility index (Phi) is 8.21. The van der Waals surface area contributed by atoms with Gasteiger partial charge in [-0.1, -0.05) is 13.8 Å². The van der Waals surface area contributed by atoms with Crippen LogP contribution in [0.15, 0.2) is 0 Å². The molecule has 4 heteroatoms. The monoisotopic (exact) mass is 231 g/mol. The molecule has 0 radical (unpaired) electrons. The maximum Gasteiger partial charge on any atom is 0.222 e. The van der Waals surface area contributed by atoms with Gasteiger partial charge in [0.25, 0.3) is 0 Å². The molecule has 1 amide bonds. The van der Waals surface area contributed by atoms with E-state index in [2.05, 4.69) is 0 Å². The molecule has 96 valence electrons. The van der Waals surface area contributed by atoms with Crippen LogP contribution >= 0.6 is 0 Å². The summed E-state index contributed by atoms with van der Waals surface area (Å²) in [6, 6.07) is 0.202. The minimum atomic E-state index is -0.443. The Morgan fingerprint density at radius 2 is 1.88 bits per heavy atom. The highest BCUT2D eigenvalue weighted by molar-refractivity contribution is 5.76. The van der Waals surface area contributed by atoms with Crippen LogP contribution in [0.1, 0.15) is 46.5 Å². The van der Waals surface area contributed by atoms with Gasteiger partial charge in [-0.3, -0.25) is 4.79 Å². The predicted octanol–water partition coefficient (Wildman–Crippen LogP) is 1.16. The Morgan fingerprint density at radius 3 is 2.25 bits per heavy atom. The highest BCUT2D eigenvalue weighted by Gasteiger charge is 2.20. The Balaban J connectivity index is 4.32. The molecule has 0 aromatic rings. The van der Waals surface area contributed by atoms with Crippen LogP contribution in [0.25, 0.3) is 0 Å². The lowest BCUT2D eigenvalue weighted by atomic mass is 10.1. The van der Waals surface area contributed by atoms with Gasteiger partial charge in [-0.05, 0) is 26.2 Å². The summed E-state index contributed by atoms with van der Waals surface area (Å²) in [6.07, 6.45) is 2.20. The van der Waals surface area contributed by atoms with E-state index in [1.807, 2.05) is 13.8 Å². The number of aliphatic hydroxyl groups is 2. The summed E-state index contributed by atoms with van der Waals surface area (Å²) in [4.78, 5) is 13.6. The lowest BCUT2D eigenvalue weighted by Crippen LogP contribution is -2.41. The molecule has 0 saturated carbocycles. The predicted molar refractivity (Wildman–Crippen MR) is 64.1 cm³/mol. The summed E-state index contributed by atoms with van der Waals surface area (Å²) in [5.74, 6) is 0.0312. The Bertz CT molecular complexity index is 191. The van der Waals surface area contributed by atoms with E-state index in [0.29, 0.717) is 19.4 Å². The van der Waals surface area contributed by atoms with E-state index in [4.69, 9.17) is 10.2 Å². The largest absolute Gasteiger partial charge is 0.395 e. The maximum absolute atomic E-state index is 11.9. The second-order valence-electron chi connectivity index (χ2n) is 4.17. The lowest BCUT2D eigenvalue weighted by Gasteiger charge is -2.30. The van der Waals surface area contributed by atoms with Gasteiger partial charge >= 0.3 is 0 Å². The molecule has 2 N–H and O–H groups in total. The zero-order chi connectivity index (χ0) is 12.6. The summed E-state index contributed by atoms with van der Waals surface area (Å²) in [5, 5.41) is 18.1. The first-order chi connectivity index (χ1) is 7.56. The standard InChI is InChI=1S/C12H25NO3/c1-4-11(5-2)13(8-9-14)12(16)7-6-10(3)15/h10-11,14-15H,4-9H2,1-3H3. The average molecular weight is 231 g/mol. The minimum Gasteiger partial charge on any atom is -0.395 e. The van der Waals surface area contributed by atoms with Crippen molar-refractivity contribution in [3.63, 3.8) is 0 Å². The zero-order valence-corrected chi connectivity index (χ0v) is 10.6. The van der Waals surface area contributed by atoms with E-state index in [1.54, 1.807) is 11.8 Å². The average Bonchev–Trinajstić information content (AvgIpc) is 2.26. The number of hydrogen-bond donors (Lipinski definition) is 2. The zero-order valence-electron chi connectivity index (χ0n) is 10.6. The van der Waals surface area contributed by atoms with Crippen molar-refractivity contribution in [2.75, 3.05) is 13.2 Å². The molecule has 4 nitrogen and oxygen atoms in total. The van der Waals surface area contributed by atoms with Gasteiger partial charge in [0.1, 0.15) is 0 Å². The Hall–Kier alpha value is -0.610. The first kappa shape index (κ1) is 15.4. The molecule has 0 aliphatic carbocycles. The number of amides is 1. The van der Waals surface area contributed by atoms with Gasteiger partial charge < -0.3 is 15.1 Å². The van der Waals surface area contributed by atoms with Crippen molar-refractivity contribution in [3.05, 3.63) is 0 Å². The van der Waals surface area contributed by atoms with Crippen LogP contribution in [-0.2, 0) is 4.79 Å². The van der Waals surface area contributed by atoms with Crippen molar-refractivity contribution in [2.45, 2.75) is 58.6 Å². The van der Waals surface area contributed by atoms with E-state index < -0.39 is 6.10 Å². The minimum absolute atomic E-state index is 0.00306. The normalized spacial score (nSPS) is 12.9. The van der Waals surface area contributed by atoms with Crippen LogP contribution in [0, 0.1) is 0 Å². The quantitative estimate of drug-likeness (QED) is 0.659. The molecular weight excluding hydrogens is 206 g/mol. The lowest BCUT2D eigenvalue weighted by molar-refractivity contribution is -0.134. The van der Waals surface area contributed by atoms with E-state index >= 15 is 0 Å². The second kappa shape index (κ2) is 8.53. The van der Waals surface area contributed by atoms with Crippen molar-refractivity contribution in [1.29, 1.82) is 0 Å². The molecule has 0 spiro atoms. The maximum atomic E-state index is 11.9. The van der Waals surface area contributed by atoms with Gasteiger partial charge in [0.15, 0.2) is 0 Å². The van der Waals surface area contributed by atoms with E-state index in [1.165, 1.54) is 0 Å². The molecule has 0 aliphatic rings. The highest BCUT2D eigenvalue weighted by Crippen LogP contribution is 2.11. The van der Waals surface area contributed by atoms with E-state index in [0.717, 1.165) is 12.8 Å². The molecule has 16 heavy (non-hydrogen) atoms. The van der Waals surface area contributed by atoms with E-state index in [9.17, 15) is 4.79 Å². The smallest absolute Gasteiger partial charge is 0.222 e. The first-order valence-electron chi connectivity index (χ1n) is 6.15. The second-order valence-corrected chi connectivity index (χ2v) is 4.17. The van der Waals surface area contributed by atoms with E-state index in [-0.39, 0.29) is 18.6 Å².